The molecule has 0 saturated carbocycles. The summed E-state index contributed by atoms with van der Waals surface area (Å²) in [6, 6.07) is 10.1. The first kappa shape index (κ1) is 14.2. The number of hydrogen-bond donors (Lipinski definition) is 0. The van der Waals surface area contributed by atoms with E-state index in [9.17, 15) is 9.59 Å². The quantitative estimate of drug-likeness (QED) is 0.756. The van der Waals surface area contributed by atoms with Gasteiger partial charge in [0.05, 0.1) is 0 Å². The number of rotatable bonds is 6. The summed E-state index contributed by atoms with van der Waals surface area (Å²) in [5.41, 5.74) is 0.971. The van der Waals surface area contributed by atoms with E-state index in [0.717, 1.165) is 22.8 Å². The predicted octanol–water partition coefficient (Wildman–Crippen LogP) is 2.21. The molecule has 20 heavy (non-hydrogen) atoms. The van der Waals surface area contributed by atoms with Crippen molar-refractivity contribution >= 4 is 23.0 Å². The average molecular weight is 270 g/mol. The smallest absolute Gasteiger partial charge is 0.222 e. The number of likely N-dealkylation sites (N-methyl/N-ethyl adjacent to an activating group) is 1. The summed E-state index contributed by atoms with van der Waals surface area (Å²) in [4.78, 5) is 28.0. The molecular formula is C16H18N2O2. The minimum absolute atomic E-state index is 0.00195. The molecule has 1 aromatic heterocycles. The Morgan fingerprint density at radius 1 is 1.30 bits per heavy atom. The summed E-state index contributed by atoms with van der Waals surface area (Å²) in [5.74, 6) is -0.00195. The zero-order chi connectivity index (χ0) is 14.4. The van der Waals surface area contributed by atoms with Gasteiger partial charge >= 0.3 is 0 Å². The standard InChI is InChI=1S/C16H18N2O2/c1-18(16(20)7-4-10-19)9-8-15-11-13-5-2-3-6-14(13)12-17-15/h2-3,5-6,10-12H,4,7-9H2,1H3. The molecule has 2 aromatic rings. The summed E-state index contributed by atoms with van der Waals surface area (Å²) in [5, 5.41) is 2.28. The average Bonchev–Trinajstić information content (AvgIpc) is 2.50. The lowest BCUT2D eigenvalue weighted by atomic mass is 10.1. The molecule has 0 radical (unpaired) electrons. The van der Waals surface area contributed by atoms with Gasteiger partial charge in [-0.05, 0) is 11.5 Å². The summed E-state index contributed by atoms with van der Waals surface area (Å²) >= 11 is 0. The van der Waals surface area contributed by atoms with E-state index in [2.05, 4.69) is 17.1 Å². The van der Waals surface area contributed by atoms with Gasteiger partial charge in [0.1, 0.15) is 6.29 Å². The second kappa shape index (κ2) is 6.80. The van der Waals surface area contributed by atoms with Gasteiger partial charge in [-0.2, -0.15) is 0 Å². The van der Waals surface area contributed by atoms with E-state index in [1.807, 2.05) is 24.4 Å². The molecule has 0 aliphatic carbocycles. The van der Waals surface area contributed by atoms with Crippen molar-refractivity contribution in [1.29, 1.82) is 0 Å². The maximum absolute atomic E-state index is 11.7. The lowest BCUT2D eigenvalue weighted by Crippen LogP contribution is -2.28. The van der Waals surface area contributed by atoms with Crippen molar-refractivity contribution in [2.45, 2.75) is 19.3 Å². The maximum Gasteiger partial charge on any atom is 0.222 e. The molecule has 0 bridgehead atoms. The van der Waals surface area contributed by atoms with Gasteiger partial charge < -0.3 is 9.69 Å². The van der Waals surface area contributed by atoms with Crippen molar-refractivity contribution in [3.05, 3.63) is 42.2 Å². The molecule has 0 atom stereocenters. The molecule has 0 aliphatic rings. The second-order valence-electron chi connectivity index (χ2n) is 4.79. The lowest BCUT2D eigenvalue weighted by molar-refractivity contribution is -0.130. The molecule has 0 unspecified atom stereocenters. The van der Waals surface area contributed by atoms with E-state index in [1.54, 1.807) is 11.9 Å². The third-order valence-corrected chi connectivity index (χ3v) is 3.29. The van der Waals surface area contributed by atoms with E-state index in [-0.39, 0.29) is 18.7 Å². The van der Waals surface area contributed by atoms with Crippen molar-refractivity contribution in [2.75, 3.05) is 13.6 Å². The number of aromatic nitrogens is 1. The van der Waals surface area contributed by atoms with E-state index >= 15 is 0 Å². The second-order valence-corrected chi connectivity index (χ2v) is 4.79. The normalized spacial score (nSPS) is 10.4. The summed E-state index contributed by atoms with van der Waals surface area (Å²) in [6.07, 6.45) is 3.92. The lowest BCUT2D eigenvalue weighted by Gasteiger charge is -2.16. The summed E-state index contributed by atoms with van der Waals surface area (Å²) in [7, 11) is 1.76. The largest absolute Gasteiger partial charge is 0.345 e. The fourth-order valence-corrected chi connectivity index (χ4v) is 2.05. The van der Waals surface area contributed by atoms with E-state index in [1.165, 1.54) is 0 Å². The number of carbonyl (C=O) groups is 2. The molecule has 0 N–H and O–H groups in total. The Hall–Kier alpha value is -2.23. The maximum atomic E-state index is 11.7. The Kier molecular flexibility index (Phi) is 4.82. The monoisotopic (exact) mass is 270 g/mol. The third kappa shape index (κ3) is 3.63. The Morgan fingerprint density at radius 3 is 2.80 bits per heavy atom. The van der Waals surface area contributed by atoms with Crippen LogP contribution in [0.4, 0.5) is 0 Å². The Labute approximate surface area is 118 Å². The third-order valence-electron chi connectivity index (χ3n) is 3.29. The molecule has 4 nitrogen and oxygen atoms in total. The summed E-state index contributed by atoms with van der Waals surface area (Å²) in [6.45, 7) is 0.614. The van der Waals surface area contributed by atoms with Crippen LogP contribution >= 0.6 is 0 Å². The molecular weight excluding hydrogens is 252 g/mol. The van der Waals surface area contributed by atoms with Crippen LogP contribution in [0.2, 0.25) is 0 Å². The van der Waals surface area contributed by atoms with E-state index < -0.39 is 0 Å². The molecule has 2 rings (SSSR count). The van der Waals surface area contributed by atoms with Crippen molar-refractivity contribution in [3.63, 3.8) is 0 Å². The minimum Gasteiger partial charge on any atom is -0.345 e. The first-order valence-electron chi connectivity index (χ1n) is 6.72. The van der Waals surface area contributed by atoms with Gasteiger partial charge in [0.2, 0.25) is 5.91 Å². The van der Waals surface area contributed by atoms with Gasteiger partial charge in [-0.25, -0.2) is 0 Å². The summed E-state index contributed by atoms with van der Waals surface area (Å²) < 4.78 is 0. The first-order chi connectivity index (χ1) is 9.70. The molecule has 4 heteroatoms. The highest BCUT2D eigenvalue weighted by atomic mass is 16.2. The van der Waals surface area contributed by atoms with Gasteiger partial charge in [-0.1, -0.05) is 24.3 Å². The zero-order valence-electron chi connectivity index (χ0n) is 11.6. The number of carbonyl (C=O) groups excluding carboxylic acids is 2. The highest BCUT2D eigenvalue weighted by Gasteiger charge is 2.08. The number of fused-ring (bicyclic) bond motifs is 1. The van der Waals surface area contributed by atoms with Crippen LogP contribution in [0.25, 0.3) is 10.8 Å². The van der Waals surface area contributed by atoms with Crippen LogP contribution in [0.1, 0.15) is 18.5 Å². The molecule has 1 amide bonds. The van der Waals surface area contributed by atoms with Crippen molar-refractivity contribution in [3.8, 4) is 0 Å². The fraction of sp³-hybridized carbons (Fsp3) is 0.312. The number of amides is 1. The highest BCUT2D eigenvalue weighted by molar-refractivity contribution is 5.81. The van der Waals surface area contributed by atoms with Gasteiger partial charge in [0, 0.05) is 50.1 Å². The Bertz CT molecular complexity index is 610. The molecule has 0 spiro atoms. The number of benzene rings is 1. The van der Waals surface area contributed by atoms with Crippen molar-refractivity contribution < 1.29 is 9.59 Å². The first-order valence-corrected chi connectivity index (χ1v) is 6.72. The van der Waals surface area contributed by atoms with Gasteiger partial charge in [0.15, 0.2) is 0 Å². The van der Waals surface area contributed by atoms with Crippen LogP contribution in [0.5, 0.6) is 0 Å². The Morgan fingerprint density at radius 2 is 2.05 bits per heavy atom. The number of pyridine rings is 1. The number of aldehydes is 1. The van der Waals surface area contributed by atoms with Crippen molar-refractivity contribution in [2.24, 2.45) is 0 Å². The number of hydrogen-bond acceptors (Lipinski definition) is 3. The topological polar surface area (TPSA) is 50.3 Å². The zero-order valence-corrected chi connectivity index (χ0v) is 11.6. The SMILES string of the molecule is CN(CCc1cc2ccccc2cn1)C(=O)CCC=O. The molecule has 0 fully saturated rings. The minimum atomic E-state index is -0.00195. The van der Waals surface area contributed by atoms with Crippen LogP contribution < -0.4 is 0 Å². The molecule has 0 aliphatic heterocycles. The predicted molar refractivity (Wildman–Crippen MR) is 78.4 cm³/mol. The van der Waals surface area contributed by atoms with Gasteiger partial charge in [-0.3, -0.25) is 9.78 Å². The van der Waals surface area contributed by atoms with Gasteiger partial charge in [-0.15, -0.1) is 0 Å². The highest BCUT2D eigenvalue weighted by Crippen LogP contribution is 2.13. The van der Waals surface area contributed by atoms with Gasteiger partial charge in [0.25, 0.3) is 0 Å². The Balaban J connectivity index is 1.95. The molecule has 1 aromatic carbocycles. The number of nitrogens with zero attached hydrogens (tertiary/aromatic N) is 2. The molecule has 104 valence electrons. The van der Waals surface area contributed by atoms with E-state index in [4.69, 9.17) is 0 Å². The molecule has 1 heterocycles. The van der Waals surface area contributed by atoms with Crippen LogP contribution in [-0.2, 0) is 16.0 Å². The fourth-order valence-electron chi connectivity index (χ4n) is 2.05. The van der Waals surface area contributed by atoms with Crippen LogP contribution in [-0.4, -0.2) is 35.7 Å². The van der Waals surface area contributed by atoms with Crippen LogP contribution in [0, 0.1) is 0 Å². The van der Waals surface area contributed by atoms with Crippen molar-refractivity contribution in [1.82, 2.24) is 9.88 Å². The van der Waals surface area contributed by atoms with E-state index in [0.29, 0.717) is 13.0 Å². The molecule has 0 saturated heterocycles. The van der Waals surface area contributed by atoms with Crippen LogP contribution in [0.3, 0.4) is 0 Å². The van der Waals surface area contributed by atoms with Crippen LogP contribution in [0.15, 0.2) is 36.5 Å².